The number of methoxy groups -OCH3 is 1. The lowest BCUT2D eigenvalue weighted by Gasteiger charge is -2.07. The first-order valence-electron chi connectivity index (χ1n) is 6.34. The fourth-order valence-electron chi connectivity index (χ4n) is 2.05. The summed E-state index contributed by atoms with van der Waals surface area (Å²) >= 11 is 5.45. The quantitative estimate of drug-likeness (QED) is 0.399. The van der Waals surface area contributed by atoms with Gasteiger partial charge in [0.1, 0.15) is 17.2 Å². The highest BCUT2D eigenvalue weighted by Gasteiger charge is 2.30. The van der Waals surface area contributed by atoms with Gasteiger partial charge in [-0.05, 0) is 6.92 Å². The number of halogens is 1. The number of hydrogen-bond donors (Lipinski definition) is 1. The van der Waals surface area contributed by atoms with Gasteiger partial charge < -0.3 is 9.84 Å². The molecule has 2 rings (SSSR count). The van der Waals surface area contributed by atoms with E-state index in [1.54, 1.807) is 24.3 Å². The molecule has 1 aromatic carbocycles. The Morgan fingerprint density at radius 2 is 1.95 bits per heavy atom. The molecule has 0 bridgehead atoms. The number of carbonyl (C=O) groups is 2. The van der Waals surface area contributed by atoms with Crippen LogP contribution < -0.4 is 0 Å². The molecule has 0 atom stereocenters. The van der Waals surface area contributed by atoms with Gasteiger partial charge in [0.25, 0.3) is 5.91 Å². The first-order chi connectivity index (χ1) is 10.5. The maximum atomic E-state index is 11.9. The second-order valence-electron chi connectivity index (χ2n) is 4.42. The van der Waals surface area contributed by atoms with Crippen LogP contribution in [0.15, 0.2) is 45.6 Å². The van der Waals surface area contributed by atoms with Gasteiger partial charge in [0.15, 0.2) is 5.84 Å². The van der Waals surface area contributed by atoms with Crippen LogP contribution in [0.3, 0.4) is 0 Å². The number of amides is 1. The Kier molecular flexibility index (Phi) is 4.72. The molecule has 0 spiro atoms. The van der Waals surface area contributed by atoms with Crippen molar-refractivity contribution in [1.82, 2.24) is 0 Å². The molecule has 1 aliphatic rings. The van der Waals surface area contributed by atoms with E-state index in [-0.39, 0.29) is 28.8 Å². The zero-order chi connectivity index (χ0) is 16.3. The van der Waals surface area contributed by atoms with Crippen LogP contribution in [0.1, 0.15) is 18.1 Å². The fourth-order valence-corrected chi connectivity index (χ4v) is 2.11. The molecule has 22 heavy (non-hydrogen) atoms. The molecule has 6 nitrogen and oxygen atoms in total. The monoisotopic (exact) mass is 320 g/mol. The molecule has 7 heteroatoms. The van der Waals surface area contributed by atoms with Crippen molar-refractivity contribution in [1.29, 1.82) is 0 Å². The smallest absolute Gasteiger partial charge is 0.343 e. The standard InChI is InChI=1S/C15H13ClN2O4/c1-8(19)12(15(21)22-2)13-9-5-3-4-6-10(9)14(18-13)17-11(20)7-16/h3-6,19H,7H2,1-2H3/b12-8+,17-14?. The number of esters is 1. The van der Waals surface area contributed by atoms with Crippen molar-refractivity contribution in [2.24, 2.45) is 9.98 Å². The third kappa shape index (κ3) is 2.92. The Balaban J connectivity index is 2.64. The van der Waals surface area contributed by atoms with E-state index in [2.05, 4.69) is 14.7 Å². The molecule has 0 radical (unpaired) electrons. The Morgan fingerprint density at radius 3 is 2.50 bits per heavy atom. The van der Waals surface area contributed by atoms with Crippen molar-refractivity contribution in [3.63, 3.8) is 0 Å². The Hall–Kier alpha value is -2.47. The normalized spacial score (nSPS) is 16.0. The summed E-state index contributed by atoms with van der Waals surface area (Å²) in [6, 6.07) is 6.94. The number of allylic oxidation sites excluding steroid dienone is 1. The molecular formula is C15H13ClN2O4. The maximum absolute atomic E-state index is 11.9. The van der Waals surface area contributed by atoms with Gasteiger partial charge >= 0.3 is 5.97 Å². The molecule has 0 fully saturated rings. The minimum atomic E-state index is -0.724. The van der Waals surface area contributed by atoms with Gasteiger partial charge in [-0.1, -0.05) is 24.3 Å². The number of fused-ring (bicyclic) bond motifs is 1. The largest absolute Gasteiger partial charge is 0.512 e. The Labute approximate surface area is 131 Å². The molecule has 1 aliphatic heterocycles. The summed E-state index contributed by atoms with van der Waals surface area (Å²) in [4.78, 5) is 31.3. The lowest BCUT2D eigenvalue weighted by atomic mass is 9.99. The topological polar surface area (TPSA) is 88.3 Å². The van der Waals surface area contributed by atoms with E-state index in [0.29, 0.717) is 11.1 Å². The van der Waals surface area contributed by atoms with E-state index in [4.69, 9.17) is 11.6 Å². The van der Waals surface area contributed by atoms with Crippen LogP contribution >= 0.6 is 11.6 Å². The van der Waals surface area contributed by atoms with Gasteiger partial charge in [0.05, 0.1) is 12.8 Å². The van der Waals surface area contributed by atoms with Crippen LogP contribution in [0.25, 0.3) is 0 Å². The number of aliphatic imine (C=N–C) groups is 2. The van der Waals surface area contributed by atoms with E-state index in [1.165, 1.54) is 14.0 Å². The molecule has 1 N–H and O–H groups in total. The number of carbonyl (C=O) groups excluding carboxylic acids is 2. The summed E-state index contributed by atoms with van der Waals surface area (Å²) in [6.45, 7) is 1.36. The van der Waals surface area contributed by atoms with Gasteiger partial charge in [-0.25, -0.2) is 9.79 Å². The highest BCUT2D eigenvalue weighted by molar-refractivity contribution is 6.37. The van der Waals surface area contributed by atoms with Crippen LogP contribution in [-0.4, -0.2) is 41.5 Å². The predicted molar refractivity (Wildman–Crippen MR) is 82.6 cm³/mol. The minimum absolute atomic E-state index is 0.0709. The number of benzene rings is 1. The van der Waals surface area contributed by atoms with Gasteiger partial charge in [0.2, 0.25) is 0 Å². The Morgan fingerprint density at radius 1 is 1.32 bits per heavy atom. The highest BCUT2D eigenvalue weighted by Crippen LogP contribution is 2.25. The number of aliphatic hydroxyl groups excluding tert-OH is 1. The van der Waals surface area contributed by atoms with Crippen molar-refractivity contribution in [3.05, 3.63) is 46.7 Å². The van der Waals surface area contributed by atoms with Gasteiger partial charge in [0, 0.05) is 11.1 Å². The summed E-state index contributed by atoms with van der Waals surface area (Å²) in [5.74, 6) is -1.61. The molecule has 1 heterocycles. The lowest BCUT2D eigenvalue weighted by Crippen LogP contribution is -2.16. The van der Waals surface area contributed by atoms with E-state index in [1.807, 2.05) is 0 Å². The van der Waals surface area contributed by atoms with E-state index in [0.717, 1.165) is 0 Å². The summed E-state index contributed by atoms with van der Waals surface area (Å²) in [7, 11) is 1.21. The van der Waals surface area contributed by atoms with Gasteiger partial charge in [-0.2, -0.15) is 4.99 Å². The molecule has 0 unspecified atom stereocenters. The van der Waals surface area contributed by atoms with E-state index in [9.17, 15) is 14.7 Å². The van der Waals surface area contributed by atoms with Crippen LogP contribution in [0, 0.1) is 0 Å². The molecule has 114 valence electrons. The molecule has 0 saturated carbocycles. The zero-order valence-corrected chi connectivity index (χ0v) is 12.7. The van der Waals surface area contributed by atoms with Crippen LogP contribution in [-0.2, 0) is 14.3 Å². The molecule has 1 amide bonds. The number of ether oxygens (including phenoxy) is 1. The second kappa shape index (κ2) is 6.53. The summed E-state index contributed by atoms with van der Waals surface area (Å²) in [5.41, 5.74) is 1.30. The molecule has 0 saturated heterocycles. The van der Waals surface area contributed by atoms with Gasteiger partial charge in [-0.15, -0.1) is 11.6 Å². The van der Waals surface area contributed by atoms with Gasteiger partial charge in [-0.3, -0.25) is 4.79 Å². The number of rotatable bonds is 3. The summed E-state index contributed by atoms with van der Waals surface area (Å²) in [5, 5.41) is 9.78. The summed E-state index contributed by atoms with van der Waals surface area (Å²) in [6.07, 6.45) is 0. The number of aliphatic hydroxyl groups is 1. The molecular weight excluding hydrogens is 308 g/mol. The first kappa shape index (κ1) is 15.9. The SMILES string of the molecule is COC(=O)/C(C1=NC(=NC(=O)CCl)c2ccccc21)=C(\C)O. The maximum Gasteiger partial charge on any atom is 0.343 e. The van der Waals surface area contributed by atoms with Crippen molar-refractivity contribution >= 4 is 35.0 Å². The van der Waals surface area contributed by atoms with Crippen LogP contribution in [0.4, 0.5) is 0 Å². The van der Waals surface area contributed by atoms with E-state index >= 15 is 0 Å². The Bertz CT molecular complexity index is 731. The van der Waals surface area contributed by atoms with Crippen molar-refractivity contribution in [2.45, 2.75) is 6.92 Å². The number of hydrogen-bond acceptors (Lipinski definition) is 4. The molecule has 1 aromatic rings. The average Bonchev–Trinajstić information content (AvgIpc) is 2.85. The minimum Gasteiger partial charge on any atom is -0.512 e. The third-order valence-electron chi connectivity index (χ3n) is 2.97. The van der Waals surface area contributed by atoms with Crippen molar-refractivity contribution < 1.29 is 19.4 Å². The average molecular weight is 321 g/mol. The number of amidine groups is 1. The third-order valence-corrected chi connectivity index (χ3v) is 3.20. The lowest BCUT2D eigenvalue weighted by molar-refractivity contribution is -0.135. The first-order valence-corrected chi connectivity index (χ1v) is 6.87. The number of nitrogens with zero attached hydrogens (tertiary/aromatic N) is 2. The zero-order valence-electron chi connectivity index (χ0n) is 12.0. The summed E-state index contributed by atoms with van der Waals surface area (Å²) < 4.78 is 4.67. The number of alkyl halides is 1. The second-order valence-corrected chi connectivity index (χ2v) is 4.69. The molecule has 0 aromatic heterocycles. The molecule has 0 aliphatic carbocycles. The van der Waals surface area contributed by atoms with E-state index < -0.39 is 11.9 Å². The predicted octanol–water partition coefficient (Wildman–Crippen LogP) is 2.01. The fraction of sp³-hybridized carbons (Fsp3) is 0.200. The van der Waals surface area contributed by atoms with Crippen molar-refractivity contribution in [3.8, 4) is 0 Å². The highest BCUT2D eigenvalue weighted by atomic mass is 35.5. The van der Waals surface area contributed by atoms with Crippen LogP contribution in [0.2, 0.25) is 0 Å². The van der Waals surface area contributed by atoms with Crippen molar-refractivity contribution in [2.75, 3.05) is 13.0 Å². The van der Waals surface area contributed by atoms with Crippen LogP contribution in [0.5, 0.6) is 0 Å².